The Morgan fingerprint density at radius 1 is 1.03 bits per heavy atom. The molecule has 0 saturated carbocycles. The fourth-order valence-electron chi connectivity index (χ4n) is 3.66. The van der Waals surface area contributed by atoms with E-state index < -0.39 is 22.8 Å². The van der Waals surface area contributed by atoms with E-state index in [0.717, 1.165) is 23.4 Å². The summed E-state index contributed by atoms with van der Waals surface area (Å²) in [5, 5.41) is 10.4. The van der Waals surface area contributed by atoms with Crippen LogP contribution in [-0.4, -0.2) is 29.6 Å². The molecular formula is C26H24BrF2N5O3. The van der Waals surface area contributed by atoms with E-state index in [0.29, 0.717) is 22.8 Å². The summed E-state index contributed by atoms with van der Waals surface area (Å²) in [4.78, 5) is 30.4. The fourth-order valence-corrected chi connectivity index (χ4v) is 4.07. The lowest BCUT2D eigenvalue weighted by Crippen LogP contribution is -2.23. The second-order valence-corrected chi connectivity index (χ2v) is 9.91. The molecular weight excluding hydrogens is 548 g/mol. The van der Waals surface area contributed by atoms with E-state index >= 15 is 0 Å². The van der Waals surface area contributed by atoms with Crippen LogP contribution in [-0.2, 0) is 12.2 Å². The summed E-state index contributed by atoms with van der Waals surface area (Å²) in [5.41, 5.74) is 1.93. The largest absolute Gasteiger partial charge is 0.486 e. The molecule has 0 fully saturated rings. The molecule has 11 heteroatoms. The Bertz CT molecular complexity index is 1570. The minimum Gasteiger partial charge on any atom is -0.486 e. The highest BCUT2D eigenvalue weighted by Gasteiger charge is 2.22. The molecule has 0 spiro atoms. The molecule has 0 atom stereocenters. The van der Waals surface area contributed by atoms with Gasteiger partial charge in [-0.15, -0.1) is 0 Å². The van der Waals surface area contributed by atoms with Gasteiger partial charge in [-0.05, 0) is 67.7 Å². The minimum atomic E-state index is -1.24. The lowest BCUT2D eigenvalue weighted by molar-refractivity contribution is 0.0688. The average Bonchev–Trinajstić information content (AvgIpc) is 2.82. The highest BCUT2D eigenvalue weighted by molar-refractivity contribution is 9.10. The molecule has 192 valence electrons. The minimum absolute atomic E-state index is 0.0876. The van der Waals surface area contributed by atoms with Crippen molar-refractivity contribution in [2.24, 2.45) is 0 Å². The number of ether oxygens (including phenoxy) is 1. The molecule has 0 aliphatic rings. The molecule has 0 amide bonds. The van der Waals surface area contributed by atoms with Crippen molar-refractivity contribution in [1.82, 2.24) is 24.5 Å². The second kappa shape index (κ2) is 10.1. The van der Waals surface area contributed by atoms with Crippen LogP contribution in [0, 0.1) is 32.4 Å². The van der Waals surface area contributed by atoms with Gasteiger partial charge in [-0.1, -0.05) is 0 Å². The molecule has 0 aliphatic heterocycles. The highest BCUT2D eigenvalue weighted by Crippen LogP contribution is 2.29. The number of hydrogen-bond donors (Lipinski definition) is 1. The van der Waals surface area contributed by atoms with Crippen LogP contribution in [0.5, 0.6) is 5.75 Å². The number of pyridine rings is 3. The summed E-state index contributed by atoms with van der Waals surface area (Å²) < 4.78 is 34.4. The molecule has 0 bridgehead atoms. The summed E-state index contributed by atoms with van der Waals surface area (Å²) in [6.45, 7) is 8.31. The summed E-state index contributed by atoms with van der Waals surface area (Å²) in [6.07, 6.45) is 4.16. The van der Waals surface area contributed by atoms with Crippen LogP contribution >= 0.6 is 15.9 Å². The molecule has 0 aromatic carbocycles. The lowest BCUT2D eigenvalue weighted by atomic mass is 10.1. The summed E-state index contributed by atoms with van der Waals surface area (Å²) in [7, 11) is 0. The van der Waals surface area contributed by atoms with E-state index in [9.17, 15) is 18.7 Å². The maximum atomic E-state index is 13.9. The van der Waals surface area contributed by atoms with Crippen molar-refractivity contribution in [3.8, 4) is 22.8 Å². The maximum absolute atomic E-state index is 13.9. The summed E-state index contributed by atoms with van der Waals surface area (Å²) in [6, 6.07) is 4.10. The second-order valence-electron chi connectivity index (χ2n) is 9.12. The van der Waals surface area contributed by atoms with Crippen LogP contribution in [0.4, 0.5) is 8.78 Å². The Kier molecular flexibility index (Phi) is 7.20. The van der Waals surface area contributed by atoms with Gasteiger partial charge in [0.2, 0.25) is 0 Å². The first-order valence-corrected chi connectivity index (χ1v) is 12.0. The van der Waals surface area contributed by atoms with Crippen LogP contribution in [0.25, 0.3) is 17.1 Å². The Hall–Kier alpha value is -3.57. The third-order valence-electron chi connectivity index (χ3n) is 5.63. The highest BCUT2D eigenvalue weighted by atomic mass is 79.9. The smallest absolute Gasteiger partial charge is 0.273 e. The predicted octanol–water partition coefficient (Wildman–Crippen LogP) is 4.86. The number of rotatable bonds is 6. The number of aliphatic hydroxyl groups is 1. The SMILES string of the molecule is Cc1cnc(-c2nc(C(C)(C)O)ncc2C)cc1-n1c(C)cc(OCc2ncc(F)cc2F)c(Br)c1=O. The fraction of sp³-hybridized carbons (Fsp3) is 0.269. The normalized spacial score (nSPS) is 11.6. The van der Waals surface area contributed by atoms with Gasteiger partial charge in [-0.2, -0.15) is 0 Å². The molecule has 8 nitrogen and oxygen atoms in total. The monoisotopic (exact) mass is 571 g/mol. The quantitative estimate of drug-likeness (QED) is 0.352. The van der Waals surface area contributed by atoms with Crippen molar-refractivity contribution in [3.63, 3.8) is 0 Å². The van der Waals surface area contributed by atoms with Crippen LogP contribution in [0.1, 0.15) is 42.2 Å². The van der Waals surface area contributed by atoms with Crippen molar-refractivity contribution in [1.29, 1.82) is 0 Å². The molecule has 37 heavy (non-hydrogen) atoms. The van der Waals surface area contributed by atoms with Crippen LogP contribution in [0.15, 0.2) is 46.1 Å². The van der Waals surface area contributed by atoms with Gasteiger partial charge in [0.15, 0.2) is 11.6 Å². The van der Waals surface area contributed by atoms with Gasteiger partial charge in [0.1, 0.15) is 33.9 Å². The molecule has 4 aromatic rings. The van der Waals surface area contributed by atoms with E-state index in [1.807, 2.05) is 13.8 Å². The Morgan fingerprint density at radius 3 is 2.41 bits per heavy atom. The third-order valence-corrected chi connectivity index (χ3v) is 6.36. The van der Waals surface area contributed by atoms with E-state index in [2.05, 4.69) is 35.9 Å². The zero-order chi connectivity index (χ0) is 27.1. The number of hydrogen-bond acceptors (Lipinski definition) is 7. The number of aryl methyl sites for hydroxylation is 3. The van der Waals surface area contributed by atoms with E-state index in [1.54, 1.807) is 45.3 Å². The van der Waals surface area contributed by atoms with Gasteiger partial charge >= 0.3 is 0 Å². The maximum Gasteiger partial charge on any atom is 0.273 e. The van der Waals surface area contributed by atoms with E-state index in [4.69, 9.17) is 4.74 Å². The van der Waals surface area contributed by atoms with Gasteiger partial charge in [0.05, 0.1) is 23.3 Å². The average molecular weight is 572 g/mol. The van der Waals surface area contributed by atoms with Crippen LogP contribution in [0.2, 0.25) is 0 Å². The molecule has 4 aromatic heterocycles. The molecule has 4 heterocycles. The zero-order valence-corrected chi connectivity index (χ0v) is 22.4. The molecule has 0 saturated heterocycles. The third kappa shape index (κ3) is 5.42. The van der Waals surface area contributed by atoms with Gasteiger partial charge in [-0.25, -0.2) is 18.7 Å². The van der Waals surface area contributed by atoms with Crippen molar-refractivity contribution in [3.05, 3.63) is 91.6 Å². The molecule has 4 rings (SSSR count). The van der Waals surface area contributed by atoms with Crippen molar-refractivity contribution in [2.75, 3.05) is 0 Å². The van der Waals surface area contributed by atoms with E-state index in [-0.39, 0.29) is 28.3 Å². The number of aromatic nitrogens is 5. The number of halogens is 3. The molecule has 0 aliphatic carbocycles. The predicted molar refractivity (Wildman–Crippen MR) is 137 cm³/mol. The van der Waals surface area contributed by atoms with Crippen molar-refractivity contribution in [2.45, 2.75) is 46.8 Å². The first-order valence-electron chi connectivity index (χ1n) is 11.3. The standard InChI is InChI=1S/C26H24BrF2N5O3/c1-13-9-30-18(23-14(2)10-32-25(33-23)26(4,5)36)8-20(13)34-15(3)6-21(22(27)24(34)35)37-12-19-17(29)7-16(28)11-31-19/h6-11,36H,12H2,1-5H3. The van der Waals surface area contributed by atoms with Crippen LogP contribution < -0.4 is 10.3 Å². The first-order chi connectivity index (χ1) is 17.4. The summed E-state index contributed by atoms with van der Waals surface area (Å²) in [5.74, 6) is -1.19. The Morgan fingerprint density at radius 2 is 1.73 bits per heavy atom. The van der Waals surface area contributed by atoms with Gasteiger partial charge < -0.3 is 9.84 Å². The Balaban J connectivity index is 1.75. The van der Waals surface area contributed by atoms with Crippen molar-refractivity contribution >= 4 is 15.9 Å². The zero-order valence-electron chi connectivity index (χ0n) is 20.8. The summed E-state index contributed by atoms with van der Waals surface area (Å²) >= 11 is 3.30. The molecule has 0 radical (unpaired) electrons. The molecule has 0 unspecified atom stereocenters. The van der Waals surface area contributed by atoms with Crippen molar-refractivity contribution < 1.29 is 18.6 Å². The van der Waals surface area contributed by atoms with Gasteiger partial charge in [-0.3, -0.25) is 19.3 Å². The van der Waals surface area contributed by atoms with Crippen LogP contribution in [0.3, 0.4) is 0 Å². The molecule has 1 N–H and O–H groups in total. The van der Waals surface area contributed by atoms with E-state index in [1.165, 1.54) is 4.57 Å². The Labute approximate surface area is 220 Å². The first kappa shape index (κ1) is 26.5. The van der Waals surface area contributed by atoms with Gasteiger partial charge in [0.25, 0.3) is 5.56 Å². The lowest BCUT2D eigenvalue weighted by Gasteiger charge is -2.18. The number of nitrogens with zero attached hydrogens (tertiary/aromatic N) is 5. The van der Waals surface area contributed by atoms with Gasteiger partial charge in [0, 0.05) is 30.2 Å². The topological polar surface area (TPSA) is 103 Å².